The van der Waals surface area contributed by atoms with Crippen molar-refractivity contribution < 1.29 is 23.9 Å². The molecule has 0 aliphatic carbocycles. The Morgan fingerprint density at radius 2 is 1.54 bits per heavy atom. The molecule has 0 bridgehead atoms. The normalized spacial score (nSPS) is 13.3. The van der Waals surface area contributed by atoms with Gasteiger partial charge in [0.15, 0.2) is 5.78 Å². The van der Waals surface area contributed by atoms with Crippen molar-refractivity contribution in [2.24, 2.45) is 11.7 Å². The zero-order chi connectivity index (χ0) is 27.2. The van der Waals surface area contributed by atoms with Crippen molar-refractivity contribution in [1.29, 1.82) is 0 Å². The number of hydrogen-bond acceptors (Lipinski definition) is 6. The van der Waals surface area contributed by atoms with Gasteiger partial charge in [-0.15, -0.1) is 0 Å². The predicted molar refractivity (Wildman–Crippen MR) is 144 cm³/mol. The van der Waals surface area contributed by atoms with Gasteiger partial charge in [0.2, 0.25) is 5.91 Å². The van der Waals surface area contributed by atoms with E-state index in [1.165, 1.54) is 6.92 Å². The minimum Gasteiger partial charge on any atom is -0.461 e. The van der Waals surface area contributed by atoms with Crippen LogP contribution >= 0.6 is 0 Å². The molecule has 3 atom stereocenters. The van der Waals surface area contributed by atoms with E-state index in [4.69, 9.17) is 10.5 Å². The number of nitrogens with one attached hydrogen (secondary N) is 1. The summed E-state index contributed by atoms with van der Waals surface area (Å²) in [5.41, 5.74) is 8.38. The zero-order valence-corrected chi connectivity index (χ0v) is 22.2. The molecule has 0 radical (unpaired) electrons. The summed E-state index contributed by atoms with van der Waals surface area (Å²) < 4.78 is 5.01. The van der Waals surface area contributed by atoms with Crippen molar-refractivity contribution >= 4 is 23.4 Å². The summed E-state index contributed by atoms with van der Waals surface area (Å²) in [7, 11) is 0. The molecule has 0 heterocycles. The maximum absolute atomic E-state index is 13.4. The first-order valence-electron chi connectivity index (χ1n) is 13.1. The summed E-state index contributed by atoms with van der Waals surface area (Å²) in [4.78, 5) is 50.1. The van der Waals surface area contributed by atoms with Gasteiger partial charge in [0.1, 0.15) is 12.4 Å². The summed E-state index contributed by atoms with van der Waals surface area (Å²) in [6.07, 6.45) is 3.91. The summed E-state index contributed by atoms with van der Waals surface area (Å²) in [5.74, 6) is -1.52. The largest absolute Gasteiger partial charge is 0.461 e. The second-order valence-electron chi connectivity index (χ2n) is 9.64. The van der Waals surface area contributed by atoms with Crippen LogP contribution in [0.25, 0.3) is 0 Å². The van der Waals surface area contributed by atoms with Crippen LogP contribution in [0.4, 0.5) is 0 Å². The molecule has 37 heavy (non-hydrogen) atoms. The van der Waals surface area contributed by atoms with Crippen molar-refractivity contribution in [1.82, 2.24) is 5.32 Å². The molecule has 0 aliphatic rings. The van der Waals surface area contributed by atoms with Gasteiger partial charge >= 0.3 is 5.97 Å². The van der Waals surface area contributed by atoms with Gasteiger partial charge in [-0.05, 0) is 36.5 Å². The standard InChI is InChI=1S/C30H40N2O5/c1-4-5-7-12-27(29(35)18-24-13-15-25(16-14-24)20-37-22(3)33)32-30(36)26(19-28(34)21(2)31)17-23-10-8-6-9-11-23/h6,8-11,13-16,21,26-27H,4-5,7,12,17-20,31H2,1-3H3,(H,32,36)/t21-,26-,27+/m1/s1. The molecule has 2 aromatic carbocycles. The minimum atomic E-state index is -0.656. The molecule has 200 valence electrons. The second-order valence-corrected chi connectivity index (χ2v) is 9.64. The molecule has 0 aromatic heterocycles. The fourth-order valence-corrected chi connectivity index (χ4v) is 4.05. The zero-order valence-electron chi connectivity index (χ0n) is 22.2. The van der Waals surface area contributed by atoms with E-state index >= 15 is 0 Å². The fraction of sp³-hybridized carbons (Fsp3) is 0.467. The van der Waals surface area contributed by atoms with Gasteiger partial charge in [0.05, 0.1) is 12.1 Å². The number of ether oxygens (including phenoxy) is 1. The Labute approximate surface area is 220 Å². The van der Waals surface area contributed by atoms with Gasteiger partial charge in [-0.25, -0.2) is 0 Å². The van der Waals surface area contributed by atoms with Gasteiger partial charge in [-0.3, -0.25) is 19.2 Å². The molecule has 7 heteroatoms. The maximum atomic E-state index is 13.4. The quantitative estimate of drug-likeness (QED) is 0.261. The molecule has 0 fully saturated rings. The van der Waals surface area contributed by atoms with Gasteiger partial charge in [0.25, 0.3) is 0 Å². The Kier molecular flexibility index (Phi) is 12.7. The number of carbonyl (C=O) groups is 4. The lowest BCUT2D eigenvalue weighted by atomic mass is 9.90. The second kappa shape index (κ2) is 15.7. The van der Waals surface area contributed by atoms with Crippen molar-refractivity contribution in [2.75, 3.05) is 0 Å². The lowest BCUT2D eigenvalue weighted by Gasteiger charge is -2.23. The first-order chi connectivity index (χ1) is 17.7. The first-order valence-corrected chi connectivity index (χ1v) is 13.1. The molecule has 2 rings (SSSR count). The number of Topliss-reactive ketones (excluding diaryl/α,β-unsaturated/α-hetero) is 2. The van der Waals surface area contributed by atoms with Crippen molar-refractivity contribution in [3.8, 4) is 0 Å². The van der Waals surface area contributed by atoms with Gasteiger partial charge in [0, 0.05) is 25.7 Å². The molecular weight excluding hydrogens is 468 g/mol. The summed E-state index contributed by atoms with van der Waals surface area (Å²) in [5, 5.41) is 2.97. The van der Waals surface area contributed by atoms with E-state index in [1.54, 1.807) is 6.92 Å². The van der Waals surface area contributed by atoms with Crippen LogP contribution in [0.2, 0.25) is 0 Å². The third kappa shape index (κ3) is 11.1. The number of unbranched alkanes of at least 4 members (excludes halogenated alkanes) is 2. The average Bonchev–Trinajstić information content (AvgIpc) is 2.87. The molecular formula is C30H40N2O5. The van der Waals surface area contributed by atoms with Crippen LogP contribution in [-0.2, 0) is 43.4 Å². The third-order valence-corrected chi connectivity index (χ3v) is 6.30. The van der Waals surface area contributed by atoms with E-state index in [0.29, 0.717) is 12.8 Å². The van der Waals surface area contributed by atoms with Crippen LogP contribution in [0.5, 0.6) is 0 Å². The van der Waals surface area contributed by atoms with Crippen LogP contribution in [-0.4, -0.2) is 35.5 Å². The van der Waals surface area contributed by atoms with E-state index < -0.39 is 18.0 Å². The number of nitrogens with two attached hydrogens (primary N) is 1. The highest BCUT2D eigenvalue weighted by atomic mass is 16.5. The minimum absolute atomic E-state index is 0.0259. The number of carbonyl (C=O) groups excluding carboxylic acids is 4. The predicted octanol–water partition coefficient (Wildman–Crippen LogP) is 4.09. The van der Waals surface area contributed by atoms with Crippen molar-refractivity contribution in [3.63, 3.8) is 0 Å². The summed E-state index contributed by atoms with van der Waals surface area (Å²) in [6.45, 7) is 5.25. The highest BCUT2D eigenvalue weighted by Crippen LogP contribution is 2.17. The topological polar surface area (TPSA) is 116 Å². The lowest BCUT2D eigenvalue weighted by molar-refractivity contribution is -0.142. The van der Waals surface area contributed by atoms with Crippen LogP contribution in [0.3, 0.4) is 0 Å². The van der Waals surface area contributed by atoms with Crippen LogP contribution in [0.1, 0.15) is 69.6 Å². The Morgan fingerprint density at radius 3 is 2.14 bits per heavy atom. The highest BCUT2D eigenvalue weighted by Gasteiger charge is 2.28. The van der Waals surface area contributed by atoms with E-state index in [-0.39, 0.29) is 42.9 Å². The summed E-state index contributed by atoms with van der Waals surface area (Å²) in [6, 6.07) is 15.6. The van der Waals surface area contributed by atoms with E-state index in [0.717, 1.165) is 36.0 Å². The van der Waals surface area contributed by atoms with Crippen LogP contribution in [0.15, 0.2) is 54.6 Å². The Balaban J connectivity index is 2.13. The molecule has 0 aliphatic heterocycles. The molecule has 0 saturated carbocycles. The number of benzene rings is 2. The van der Waals surface area contributed by atoms with Crippen LogP contribution in [0, 0.1) is 5.92 Å². The van der Waals surface area contributed by atoms with E-state index in [2.05, 4.69) is 12.2 Å². The Bertz CT molecular complexity index is 1020. The average molecular weight is 509 g/mol. The monoisotopic (exact) mass is 508 g/mol. The molecule has 0 unspecified atom stereocenters. The molecule has 0 spiro atoms. The Morgan fingerprint density at radius 1 is 0.892 bits per heavy atom. The van der Waals surface area contributed by atoms with Crippen molar-refractivity contribution in [3.05, 3.63) is 71.3 Å². The van der Waals surface area contributed by atoms with Gasteiger partial charge in [-0.2, -0.15) is 0 Å². The molecule has 0 saturated heterocycles. The van der Waals surface area contributed by atoms with Crippen LogP contribution < -0.4 is 11.1 Å². The van der Waals surface area contributed by atoms with Crippen molar-refractivity contribution in [2.45, 2.75) is 84.4 Å². The number of rotatable bonds is 16. The molecule has 2 aromatic rings. The number of ketones is 2. The number of amides is 1. The molecule has 7 nitrogen and oxygen atoms in total. The van der Waals surface area contributed by atoms with E-state index in [1.807, 2.05) is 54.6 Å². The maximum Gasteiger partial charge on any atom is 0.302 e. The lowest BCUT2D eigenvalue weighted by Crippen LogP contribution is -2.45. The van der Waals surface area contributed by atoms with E-state index in [9.17, 15) is 19.2 Å². The highest BCUT2D eigenvalue weighted by molar-refractivity contribution is 5.93. The summed E-state index contributed by atoms with van der Waals surface area (Å²) >= 11 is 0. The third-order valence-electron chi connectivity index (χ3n) is 6.30. The van der Waals surface area contributed by atoms with Gasteiger partial charge in [-0.1, -0.05) is 80.8 Å². The number of esters is 1. The first kappa shape index (κ1) is 29.9. The fourth-order valence-electron chi connectivity index (χ4n) is 4.05. The van der Waals surface area contributed by atoms with Gasteiger partial charge < -0.3 is 15.8 Å². The molecule has 1 amide bonds. The Hall–Kier alpha value is -3.32. The number of hydrogen-bond donors (Lipinski definition) is 2. The smallest absolute Gasteiger partial charge is 0.302 e. The molecule has 3 N–H and O–H groups in total. The SMILES string of the molecule is CCCCC[C@H](NC(=O)[C@@H](CC(=O)[C@@H](C)N)Cc1ccccc1)C(=O)Cc1ccc(COC(C)=O)cc1.